The third-order valence-corrected chi connectivity index (χ3v) is 6.48. The van der Waals surface area contributed by atoms with Gasteiger partial charge in [0, 0.05) is 24.1 Å². The van der Waals surface area contributed by atoms with Crippen LogP contribution in [0.1, 0.15) is 52.7 Å². The Labute approximate surface area is 178 Å². The zero-order chi connectivity index (χ0) is 20.9. The summed E-state index contributed by atoms with van der Waals surface area (Å²) in [4.78, 5) is 24.8. The van der Waals surface area contributed by atoms with Crippen molar-refractivity contribution in [3.63, 3.8) is 0 Å². The highest BCUT2D eigenvalue weighted by Crippen LogP contribution is 2.35. The van der Waals surface area contributed by atoms with E-state index in [1.807, 2.05) is 18.2 Å². The first-order valence-corrected chi connectivity index (χ1v) is 11.1. The first-order chi connectivity index (χ1) is 14.6. The van der Waals surface area contributed by atoms with Crippen LogP contribution in [-0.2, 0) is 17.6 Å². The number of hydrazine groups is 1. The Kier molecular flexibility index (Phi) is 6.48. The van der Waals surface area contributed by atoms with Crippen molar-refractivity contribution in [1.82, 2.24) is 16.2 Å². The molecule has 2 aromatic rings. The molecule has 2 amide bonds. The summed E-state index contributed by atoms with van der Waals surface area (Å²) in [7, 11) is 0. The summed E-state index contributed by atoms with van der Waals surface area (Å²) < 4.78 is 0. The van der Waals surface area contributed by atoms with E-state index in [2.05, 4.69) is 53.4 Å². The van der Waals surface area contributed by atoms with E-state index >= 15 is 0 Å². The number of carbonyl (C=O) groups is 2. The molecule has 158 valence electrons. The molecule has 5 heteroatoms. The maximum absolute atomic E-state index is 12.6. The number of amides is 2. The fourth-order valence-electron chi connectivity index (χ4n) is 4.92. The third-order valence-electron chi connectivity index (χ3n) is 6.48. The molecule has 1 heterocycles. The van der Waals surface area contributed by atoms with Crippen molar-refractivity contribution in [2.24, 2.45) is 11.8 Å². The normalized spacial score (nSPS) is 23.4. The number of carbonyl (C=O) groups excluding carboxylic acids is 2. The van der Waals surface area contributed by atoms with Crippen LogP contribution >= 0.6 is 0 Å². The summed E-state index contributed by atoms with van der Waals surface area (Å²) >= 11 is 0. The van der Waals surface area contributed by atoms with E-state index in [0.29, 0.717) is 18.0 Å². The first-order valence-electron chi connectivity index (χ1n) is 11.1. The molecule has 2 aliphatic rings. The van der Waals surface area contributed by atoms with Gasteiger partial charge in [-0.15, -0.1) is 0 Å². The number of benzene rings is 2. The van der Waals surface area contributed by atoms with Crippen LogP contribution in [0.25, 0.3) is 0 Å². The zero-order valence-electron chi connectivity index (χ0n) is 17.6. The highest BCUT2D eigenvalue weighted by Gasteiger charge is 2.39. The molecule has 1 saturated heterocycles. The van der Waals surface area contributed by atoms with E-state index in [1.165, 1.54) is 17.5 Å². The van der Waals surface area contributed by atoms with Gasteiger partial charge in [0.1, 0.15) is 0 Å². The summed E-state index contributed by atoms with van der Waals surface area (Å²) in [6.45, 7) is 2.70. The topological polar surface area (TPSA) is 70.2 Å². The molecule has 30 heavy (non-hydrogen) atoms. The van der Waals surface area contributed by atoms with Gasteiger partial charge >= 0.3 is 0 Å². The summed E-state index contributed by atoms with van der Waals surface area (Å²) in [5, 5.41) is 3.04. The molecule has 3 unspecified atom stereocenters. The molecule has 3 atom stereocenters. The first kappa shape index (κ1) is 20.6. The van der Waals surface area contributed by atoms with Gasteiger partial charge in [0.05, 0.1) is 0 Å². The molecule has 2 aromatic carbocycles. The fourth-order valence-corrected chi connectivity index (χ4v) is 4.92. The van der Waals surface area contributed by atoms with Crippen LogP contribution in [0.2, 0.25) is 0 Å². The molecule has 1 saturated carbocycles. The second-order valence-corrected chi connectivity index (χ2v) is 8.69. The highest BCUT2D eigenvalue weighted by molar-refractivity contribution is 5.94. The third kappa shape index (κ3) is 4.90. The maximum Gasteiger partial charge on any atom is 0.251 e. The smallest absolute Gasteiger partial charge is 0.251 e. The van der Waals surface area contributed by atoms with Gasteiger partial charge in [-0.25, -0.2) is 5.43 Å². The molecule has 4 rings (SSSR count). The lowest BCUT2D eigenvalue weighted by atomic mass is 9.72. The monoisotopic (exact) mass is 405 g/mol. The van der Waals surface area contributed by atoms with Crippen molar-refractivity contribution in [3.05, 3.63) is 70.8 Å². The Morgan fingerprint density at radius 3 is 2.73 bits per heavy atom. The van der Waals surface area contributed by atoms with Crippen LogP contribution < -0.4 is 16.2 Å². The Morgan fingerprint density at radius 2 is 1.87 bits per heavy atom. The molecule has 0 radical (unpaired) electrons. The molecule has 3 N–H and O–H groups in total. The average molecular weight is 406 g/mol. The van der Waals surface area contributed by atoms with E-state index in [9.17, 15) is 9.59 Å². The summed E-state index contributed by atoms with van der Waals surface area (Å²) in [6.07, 6.45) is 6.04. The van der Waals surface area contributed by atoms with Gasteiger partial charge in [-0.3, -0.25) is 15.0 Å². The molecule has 1 aliphatic carbocycles. The molecule has 5 nitrogen and oxygen atoms in total. The number of nitrogens with one attached hydrogen (secondary N) is 3. The number of hydrogen-bond acceptors (Lipinski definition) is 3. The van der Waals surface area contributed by atoms with Crippen molar-refractivity contribution in [1.29, 1.82) is 0 Å². The Hall–Kier alpha value is -2.66. The van der Waals surface area contributed by atoms with Crippen LogP contribution in [-0.4, -0.2) is 24.4 Å². The van der Waals surface area contributed by atoms with Crippen molar-refractivity contribution < 1.29 is 9.59 Å². The van der Waals surface area contributed by atoms with E-state index in [4.69, 9.17) is 0 Å². The SMILES string of the molecule is Cc1cccc(CCNC(=O)c2cccc(CC3NNC(=O)C4CCCCC34)c2)c1. The highest BCUT2D eigenvalue weighted by atomic mass is 16.2. The van der Waals surface area contributed by atoms with Gasteiger partial charge in [0.2, 0.25) is 5.91 Å². The predicted molar refractivity (Wildman–Crippen MR) is 118 cm³/mol. The Morgan fingerprint density at radius 1 is 1.07 bits per heavy atom. The van der Waals surface area contributed by atoms with Crippen molar-refractivity contribution in [2.45, 2.75) is 51.5 Å². The Bertz CT molecular complexity index is 911. The lowest BCUT2D eigenvalue weighted by Gasteiger charge is -2.41. The van der Waals surface area contributed by atoms with Gasteiger partial charge in [0.15, 0.2) is 0 Å². The van der Waals surface area contributed by atoms with E-state index < -0.39 is 0 Å². The lowest BCUT2D eigenvalue weighted by molar-refractivity contribution is -0.133. The van der Waals surface area contributed by atoms with Crippen LogP contribution in [0.5, 0.6) is 0 Å². The van der Waals surface area contributed by atoms with Crippen LogP contribution in [0.3, 0.4) is 0 Å². The van der Waals surface area contributed by atoms with Crippen molar-refractivity contribution in [3.8, 4) is 0 Å². The second-order valence-electron chi connectivity index (χ2n) is 8.69. The molecule has 0 bridgehead atoms. The summed E-state index contributed by atoms with van der Waals surface area (Å²) in [6, 6.07) is 16.5. The molecule has 1 aliphatic heterocycles. The maximum atomic E-state index is 12.6. The second kappa shape index (κ2) is 9.43. The van der Waals surface area contributed by atoms with Crippen LogP contribution in [0.15, 0.2) is 48.5 Å². The van der Waals surface area contributed by atoms with Gasteiger partial charge in [-0.1, -0.05) is 54.8 Å². The van der Waals surface area contributed by atoms with Gasteiger partial charge in [-0.2, -0.15) is 0 Å². The minimum atomic E-state index is -0.0371. The molecular weight excluding hydrogens is 374 g/mol. The molecular formula is C25H31N3O2. The van der Waals surface area contributed by atoms with E-state index in [1.54, 1.807) is 0 Å². The van der Waals surface area contributed by atoms with Crippen molar-refractivity contribution in [2.75, 3.05) is 6.54 Å². The van der Waals surface area contributed by atoms with Gasteiger partial charge < -0.3 is 5.32 Å². The van der Waals surface area contributed by atoms with Gasteiger partial charge in [0.25, 0.3) is 5.91 Å². The standard InChI is InChI=1S/C25H31N3O2/c1-17-6-4-7-18(14-17)12-13-26-24(29)20-9-5-8-19(15-20)16-23-21-10-2-3-11-22(21)25(30)28-27-23/h4-9,14-15,21-23,27H,2-3,10-13,16H2,1H3,(H,26,29)(H,28,30). The minimum Gasteiger partial charge on any atom is -0.352 e. The quantitative estimate of drug-likeness (QED) is 0.691. The minimum absolute atomic E-state index is 0.0371. The fraction of sp³-hybridized carbons (Fsp3) is 0.440. The molecule has 0 aromatic heterocycles. The van der Waals surface area contributed by atoms with E-state index in [0.717, 1.165) is 37.7 Å². The Balaban J connectivity index is 1.35. The van der Waals surface area contributed by atoms with Crippen LogP contribution in [0.4, 0.5) is 0 Å². The predicted octanol–water partition coefficient (Wildman–Crippen LogP) is 3.32. The lowest BCUT2D eigenvalue weighted by Crippen LogP contribution is -2.60. The number of fused-ring (bicyclic) bond motifs is 1. The summed E-state index contributed by atoms with van der Waals surface area (Å²) in [5.41, 5.74) is 10.4. The molecule has 2 fully saturated rings. The zero-order valence-corrected chi connectivity index (χ0v) is 17.6. The molecule has 0 spiro atoms. The van der Waals surface area contributed by atoms with E-state index in [-0.39, 0.29) is 23.8 Å². The average Bonchev–Trinajstić information content (AvgIpc) is 2.76. The number of aryl methyl sites for hydroxylation is 1. The number of hydrogen-bond donors (Lipinski definition) is 3. The van der Waals surface area contributed by atoms with Gasteiger partial charge in [-0.05, 0) is 61.8 Å². The van der Waals surface area contributed by atoms with Crippen LogP contribution in [0, 0.1) is 18.8 Å². The van der Waals surface area contributed by atoms with Crippen molar-refractivity contribution >= 4 is 11.8 Å². The largest absolute Gasteiger partial charge is 0.352 e. The number of rotatable bonds is 6. The summed E-state index contributed by atoms with van der Waals surface area (Å²) in [5.74, 6) is 0.597.